The van der Waals surface area contributed by atoms with Crippen LogP contribution >= 0.6 is 0 Å². The first kappa shape index (κ1) is 15.7. The molecule has 0 aliphatic carbocycles. The molecule has 3 N–H and O–H groups in total. The van der Waals surface area contributed by atoms with Crippen molar-refractivity contribution >= 4 is 12.0 Å². The van der Waals surface area contributed by atoms with Gasteiger partial charge in [0.2, 0.25) is 0 Å². The summed E-state index contributed by atoms with van der Waals surface area (Å²) in [5, 5.41) is 14.1. The molecule has 0 spiro atoms. The van der Waals surface area contributed by atoms with Crippen LogP contribution in [0.5, 0.6) is 0 Å². The molecule has 2 amide bonds. The third-order valence-corrected chi connectivity index (χ3v) is 2.25. The average molecular weight is 244 g/mol. The van der Waals surface area contributed by atoms with E-state index in [0.717, 1.165) is 6.42 Å². The average Bonchev–Trinajstić information content (AvgIpc) is 1.95. The van der Waals surface area contributed by atoms with E-state index < -0.39 is 11.5 Å². The molecular formula is C12H24N2O3. The fourth-order valence-electron chi connectivity index (χ4n) is 1.76. The second-order valence-electron chi connectivity index (χ2n) is 5.58. The molecule has 1 atom stereocenters. The maximum Gasteiger partial charge on any atom is 0.315 e. The fourth-order valence-corrected chi connectivity index (χ4v) is 1.76. The molecule has 0 aliphatic rings. The minimum Gasteiger partial charge on any atom is -0.481 e. The number of rotatable bonds is 6. The highest BCUT2D eigenvalue weighted by molar-refractivity contribution is 5.76. The Kier molecular flexibility index (Phi) is 5.99. The SMILES string of the molecule is CC(C)CC(C)NC(=O)NC(C)(C)CC(=O)O. The van der Waals surface area contributed by atoms with Crippen molar-refractivity contribution in [3.05, 3.63) is 0 Å². The van der Waals surface area contributed by atoms with Crippen molar-refractivity contribution in [3.63, 3.8) is 0 Å². The Morgan fingerprint density at radius 2 is 1.76 bits per heavy atom. The van der Waals surface area contributed by atoms with Crippen LogP contribution in [0.4, 0.5) is 4.79 Å². The van der Waals surface area contributed by atoms with Gasteiger partial charge >= 0.3 is 12.0 Å². The van der Waals surface area contributed by atoms with E-state index in [9.17, 15) is 9.59 Å². The second kappa shape index (κ2) is 6.47. The minimum absolute atomic E-state index is 0.0793. The summed E-state index contributed by atoms with van der Waals surface area (Å²) in [5.41, 5.74) is -0.743. The zero-order valence-electron chi connectivity index (χ0n) is 11.3. The van der Waals surface area contributed by atoms with Crippen LogP contribution in [0.1, 0.15) is 47.5 Å². The molecule has 0 saturated carbocycles. The van der Waals surface area contributed by atoms with Gasteiger partial charge in [-0.1, -0.05) is 13.8 Å². The second-order valence-corrected chi connectivity index (χ2v) is 5.58. The Bertz CT molecular complexity index is 275. The molecule has 100 valence electrons. The van der Waals surface area contributed by atoms with E-state index in [-0.39, 0.29) is 18.5 Å². The van der Waals surface area contributed by atoms with Gasteiger partial charge in [0, 0.05) is 11.6 Å². The van der Waals surface area contributed by atoms with E-state index in [2.05, 4.69) is 24.5 Å². The van der Waals surface area contributed by atoms with E-state index >= 15 is 0 Å². The Morgan fingerprint density at radius 1 is 1.24 bits per heavy atom. The van der Waals surface area contributed by atoms with Crippen LogP contribution in [0.2, 0.25) is 0 Å². The number of aliphatic carboxylic acids is 1. The lowest BCUT2D eigenvalue weighted by Gasteiger charge is -2.26. The zero-order chi connectivity index (χ0) is 13.6. The highest BCUT2D eigenvalue weighted by Gasteiger charge is 2.24. The van der Waals surface area contributed by atoms with Crippen LogP contribution in [-0.2, 0) is 4.79 Å². The van der Waals surface area contributed by atoms with Crippen molar-refractivity contribution in [1.29, 1.82) is 0 Å². The number of carboxylic acid groups (broad SMARTS) is 1. The standard InChI is InChI=1S/C12H24N2O3/c1-8(2)6-9(3)13-11(17)14-12(4,5)7-10(15)16/h8-9H,6-7H2,1-5H3,(H,15,16)(H2,13,14,17). The van der Waals surface area contributed by atoms with Crippen LogP contribution in [0, 0.1) is 5.92 Å². The summed E-state index contributed by atoms with van der Waals surface area (Å²) in [6.07, 6.45) is 0.797. The lowest BCUT2D eigenvalue weighted by atomic mass is 10.0. The Morgan fingerprint density at radius 3 is 2.18 bits per heavy atom. The number of hydrogen-bond donors (Lipinski definition) is 3. The van der Waals surface area contributed by atoms with Gasteiger partial charge in [0.05, 0.1) is 6.42 Å². The van der Waals surface area contributed by atoms with Crippen LogP contribution in [0.3, 0.4) is 0 Å². The van der Waals surface area contributed by atoms with Gasteiger partial charge in [-0.15, -0.1) is 0 Å². The zero-order valence-corrected chi connectivity index (χ0v) is 11.3. The molecule has 0 aromatic carbocycles. The van der Waals surface area contributed by atoms with Gasteiger partial charge in [-0.25, -0.2) is 4.79 Å². The van der Waals surface area contributed by atoms with Crippen molar-refractivity contribution in [2.75, 3.05) is 0 Å². The number of carbonyl (C=O) groups is 2. The summed E-state index contributed by atoms with van der Waals surface area (Å²) in [7, 11) is 0. The summed E-state index contributed by atoms with van der Waals surface area (Å²) in [4.78, 5) is 22.2. The summed E-state index contributed by atoms with van der Waals surface area (Å²) >= 11 is 0. The third kappa shape index (κ3) is 8.54. The first-order chi connectivity index (χ1) is 7.62. The van der Waals surface area contributed by atoms with E-state index in [1.54, 1.807) is 13.8 Å². The van der Waals surface area contributed by atoms with Crippen LogP contribution in [0.15, 0.2) is 0 Å². The molecule has 1 unspecified atom stereocenters. The molecule has 0 rings (SSSR count). The normalized spacial score (nSPS) is 13.3. The van der Waals surface area contributed by atoms with Crippen LogP contribution in [0.25, 0.3) is 0 Å². The highest BCUT2D eigenvalue weighted by atomic mass is 16.4. The van der Waals surface area contributed by atoms with Crippen molar-refractivity contribution in [3.8, 4) is 0 Å². The largest absolute Gasteiger partial charge is 0.481 e. The molecule has 0 radical (unpaired) electrons. The van der Waals surface area contributed by atoms with Crippen molar-refractivity contribution in [1.82, 2.24) is 10.6 Å². The number of carbonyl (C=O) groups excluding carboxylic acids is 1. The monoisotopic (exact) mass is 244 g/mol. The molecule has 0 aromatic rings. The predicted molar refractivity (Wildman–Crippen MR) is 66.9 cm³/mol. The van der Waals surface area contributed by atoms with Crippen molar-refractivity contribution < 1.29 is 14.7 Å². The first-order valence-corrected chi connectivity index (χ1v) is 5.93. The molecule has 0 saturated heterocycles. The highest BCUT2D eigenvalue weighted by Crippen LogP contribution is 2.08. The van der Waals surface area contributed by atoms with Gasteiger partial charge in [-0.2, -0.15) is 0 Å². The van der Waals surface area contributed by atoms with Gasteiger partial charge in [0.15, 0.2) is 0 Å². The minimum atomic E-state index is -0.925. The molecule has 0 aliphatic heterocycles. The van der Waals surface area contributed by atoms with Crippen molar-refractivity contribution in [2.45, 2.75) is 59.0 Å². The Balaban J connectivity index is 4.12. The third-order valence-electron chi connectivity index (χ3n) is 2.25. The summed E-state index contributed by atoms with van der Waals surface area (Å²) < 4.78 is 0. The van der Waals surface area contributed by atoms with Crippen LogP contribution < -0.4 is 10.6 Å². The number of carboxylic acids is 1. The molecule has 17 heavy (non-hydrogen) atoms. The smallest absolute Gasteiger partial charge is 0.315 e. The Labute approximate surface area is 103 Å². The van der Waals surface area contributed by atoms with E-state index in [4.69, 9.17) is 5.11 Å². The fraction of sp³-hybridized carbons (Fsp3) is 0.833. The molecule has 5 heteroatoms. The van der Waals surface area contributed by atoms with E-state index in [0.29, 0.717) is 5.92 Å². The number of urea groups is 1. The molecule has 0 bridgehead atoms. The quantitative estimate of drug-likeness (QED) is 0.668. The van der Waals surface area contributed by atoms with Gasteiger partial charge in [-0.05, 0) is 33.1 Å². The van der Waals surface area contributed by atoms with Crippen molar-refractivity contribution in [2.24, 2.45) is 5.92 Å². The van der Waals surface area contributed by atoms with Gasteiger partial charge in [-0.3, -0.25) is 4.79 Å². The van der Waals surface area contributed by atoms with Gasteiger partial charge < -0.3 is 15.7 Å². The lowest BCUT2D eigenvalue weighted by Crippen LogP contribution is -2.51. The summed E-state index contributed by atoms with van der Waals surface area (Å²) in [6, 6.07) is -0.236. The molecule has 5 nitrogen and oxygen atoms in total. The van der Waals surface area contributed by atoms with Gasteiger partial charge in [0.1, 0.15) is 0 Å². The number of nitrogens with one attached hydrogen (secondary N) is 2. The van der Waals surface area contributed by atoms with E-state index in [1.165, 1.54) is 0 Å². The predicted octanol–water partition coefficient (Wildman–Crippen LogP) is 1.97. The molecule has 0 aromatic heterocycles. The molecule has 0 fully saturated rings. The first-order valence-electron chi connectivity index (χ1n) is 5.93. The summed E-state index contributed by atoms with van der Waals surface area (Å²) in [5.74, 6) is -0.414. The molecular weight excluding hydrogens is 220 g/mol. The molecule has 0 heterocycles. The number of amides is 2. The Hall–Kier alpha value is -1.26. The maximum absolute atomic E-state index is 11.6. The van der Waals surface area contributed by atoms with Gasteiger partial charge in [0.25, 0.3) is 0 Å². The maximum atomic E-state index is 11.6. The summed E-state index contributed by atoms with van der Waals surface area (Å²) in [6.45, 7) is 9.49. The number of hydrogen-bond acceptors (Lipinski definition) is 2. The lowest BCUT2D eigenvalue weighted by molar-refractivity contribution is -0.138. The van der Waals surface area contributed by atoms with E-state index in [1.807, 2.05) is 6.92 Å². The van der Waals surface area contributed by atoms with Crippen LogP contribution in [-0.4, -0.2) is 28.7 Å². The topological polar surface area (TPSA) is 78.4 Å².